The van der Waals surface area contributed by atoms with E-state index in [9.17, 15) is 45.8 Å². The van der Waals surface area contributed by atoms with E-state index in [0.717, 1.165) is 28.8 Å². The Bertz CT molecular complexity index is 2930. The number of pyridine rings is 1. The number of allylic oxidation sites excluding steroid dienone is 2. The summed E-state index contributed by atoms with van der Waals surface area (Å²) >= 11 is 12.5. The number of carbonyl (C=O) groups is 4. The van der Waals surface area contributed by atoms with Gasteiger partial charge in [-0.2, -0.15) is 28.4 Å². The first-order chi connectivity index (χ1) is 32.2. The summed E-state index contributed by atoms with van der Waals surface area (Å²) in [6.07, 6.45) is -8.41. The highest BCUT2D eigenvalue weighted by Gasteiger charge is 2.71. The second-order valence-electron chi connectivity index (χ2n) is 16.8. The fraction of sp³-hybridized carbons (Fsp3) is 0.255. The third-order valence-corrected chi connectivity index (χ3v) is 13.4. The quantitative estimate of drug-likeness (QED) is 0.0635. The van der Waals surface area contributed by atoms with Gasteiger partial charge in [0.15, 0.2) is 5.82 Å². The number of aromatic hydroxyl groups is 1. The van der Waals surface area contributed by atoms with Crippen LogP contribution in [0.3, 0.4) is 0 Å². The molecule has 4 aromatic carbocycles. The molecule has 350 valence electrons. The van der Waals surface area contributed by atoms with Gasteiger partial charge < -0.3 is 14.7 Å². The van der Waals surface area contributed by atoms with Crippen LogP contribution in [0.5, 0.6) is 11.5 Å². The molecule has 9 rings (SSSR count). The van der Waals surface area contributed by atoms with Crippen LogP contribution in [0.2, 0.25) is 10.0 Å². The highest BCUT2D eigenvalue weighted by molar-refractivity contribution is 6.33. The van der Waals surface area contributed by atoms with Crippen LogP contribution >= 0.6 is 23.2 Å². The normalized spacial score (nSPS) is 23.7. The summed E-state index contributed by atoms with van der Waals surface area (Å²) in [5, 5.41) is 20.3. The number of fused-ring (bicyclic) bond motifs is 4. The summed E-state index contributed by atoms with van der Waals surface area (Å²) in [5.41, 5.74) is 1.29. The summed E-state index contributed by atoms with van der Waals surface area (Å²) in [7, 11) is 3.81. The monoisotopic (exact) mass is 977 g/mol. The van der Waals surface area contributed by atoms with Crippen LogP contribution in [0.1, 0.15) is 35.4 Å². The number of anilines is 3. The number of aromatic nitrogens is 1. The Morgan fingerprint density at radius 1 is 0.824 bits per heavy atom. The number of phenolic OH excluding ortho intramolecular Hbond substituents is 1. The summed E-state index contributed by atoms with van der Waals surface area (Å²) in [6.45, 7) is 0. The summed E-state index contributed by atoms with van der Waals surface area (Å²) in [5.74, 6) is -11.5. The van der Waals surface area contributed by atoms with E-state index in [1.54, 1.807) is 30.3 Å². The van der Waals surface area contributed by atoms with Crippen LogP contribution in [0, 0.1) is 23.7 Å². The zero-order chi connectivity index (χ0) is 48.6. The van der Waals surface area contributed by atoms with Crippen molar-refractivity contribution in [1.82, 2.24) is 9.99 Å². The number of nitrogens with zero attached hydrogens (tertiary/aromatic N) is 6. The first-order valence-corrected chi connectivity index (χ1v) is 21.5. The van der Waals surface area contributed by atoms with Crippen LogP contribution in [-0.4, -0.2) is 59.2 Å². The van der Waals surface area contributed by atoms with Crippen molar-refractivity contribution in [3.05, 3.63) is 142 Å². The average molecular weight is 979 g/mol. The van der Waals surface area contributed by atoms with E-state index in [2.05, 4.69) is 25.4 Å². The molecule has 2 aliphatic carbocycles. The molecule has 1 saturated carbocycles. The van der Waals surface area contributed by atoms with Gasteiger partial charge in [0.05, 0.1) is 50.8 Å². The number of imide groups is 2. The van der Waals surface area contributed by atoms with Crippen molar-refractivity contribution in [2.75, 3.05) is 29.3 Å². The first-order valence-electron chi connectivity index (χ1n) is 20.8. The molecule has 68 heavy (non-hydrogen) atoms. The Morgan fingerprint density at radius 2 is 1.47 bits per heavy atom. The maximum atomic E-state index is 15.4. The number of ether oxygens (including phenoxy) is 1. The van der Waals surface area contributed by atoms with Crippen molar-refractivity contribution in [2.24, 2.45) is 33.9 Å². The number of azo groups is 1. The molecule has 13 nitrogen and oxygen atoms in total. The molecule has 4 amide bonds. The lowest BCUT2D eigenvalue weighted by atomic mass is 9.49. The lowest BCUT2D eigenvalue weighted by Gasteiger charge is -2.50. The molecular weight excluding hydrogens is 943 g/mol. The fourth-order valence-corrected chi connectivity index (χ4v) is 10.3. The lowest BCUT2D eigenvalue weighted by Crippen LogP contribution is -2.53. The molecule has 3 fully saturated rings. The van der Waals surface area contributed by atoms with E-state index < -0.39 is 99.1 Å². The molecule has 0 spiro atoms. The fourth-order valence-electron chi connectivity index (χ4n) is 9.94. The van der Waals surface area contributed by atoms with Crippen molar-refractivity contribution in [2.45, 2.75) is 36.7 Å². The van der Waals surface area contributed by atoms with Crippen molar-refractivity contribution >= 4 is 75.4 Å². The van der Waals surface area contributed by atoms with Gasteiger partial charge in [0.2, 0.25) is 11.8 Å². The van der Waals surface area contributed by atoms with Gasteiger partial charge in [0, 0.05) is 42.5 Å². The van der Waals surface area contributed by atoms with Gasteiger partial charge in [-0.05, 0) is 109 Å². The number of hydrazine groups is 1. The third-order valence-electron chi connectivity index (χ3n) is 12.9. The van der Waals surface area contributed by atoms with E-state index in [-0.39, 0.29) is 40.3 Å². The SMILES string of the molecule is CN(C)c1ccc(N=Nc2ccc(N3C(=O)C4CC=C5C(CC6C(=O)N(Nc7ncc(C(F)(F)F)cc7Cl)C(=O)C6(c6ccc(Cl)cc6)C5c5cc(OC(F)(F)F)ccc5O)C4C3=O)cc2)cc1. The van der Waals surface area contributed by atoms with Crippen LogP contribution in [0.15, 0.2) is 125 Å². The number of amides is 4. The van der Waals surface area contributed by atoms with Crippen LogP contribution in [-0.2, 0) is 30.8 Å². The minimum atomic E-state index is -5.20. The van der Waals surface area contributed by atoms with Gasteiger partial charge in [0.25, 0.3) is 11.8 Å². The highest BCUT2D eigenvalue weighted by Crippen LogP contribution is 2.65. The number of rotatable bonds is 9. The van der Waals surface area contributed by atoms with Gasteiger partial charge in [-0.3, -0.25) is 29.5 Å². The first kappa shape index (κ1) is 46.1. The van der Waals surface area contributed by atoms with Crippen molar-refractivity contribution in [3.63, 3.8) is 0 Å². The van der Waals surface area contributed by atoms with E-state index in [1.165, 1.54) is 36.4 Å². The molecule has 4 aliphatic rings. The maximum absolute atomic E-state index is 15.4. The van der Waals surface area contributed by atoms with Crippen molar-refractivity contribution in [1.29, 1.82) is 0 Å². The molecular formula is C47H35Cl2F6N7O6. The molecule has 0 bridgehead atoms. The number of hydrogen-bond donors (Lipinski definition) is 2. The van der Waals surface area contributed by atoms with Crippen molar-refractivity contribution < 1.29 is 55.4 Å². The largest absolute Gasteiger partial charge is 0.573 e. The van der Waals surface area contributed by atoms with Crippen molar-refractivity contribution in [3.8, 4) is 11.5 Å². The molecule has 5 aromatic rings. The van der Waals surface area contributed by atoms with Crippen LogP contribution < -0.4 is 20.0 Å². The Balaban J connectivity index is 1.14. The minimum Gasteiger partial charge on any atom is -0.508 e. The zero-order valence-electron chi connectivity index (χ0n) is 35.4. The number of halogens is 8. The number of nitrogens with one attached hydrogen (secondary N) is 1. The Kier molecular flexibility index (Phi) is 11.5. The lowest BCUT2D eigenvalue weighted by molar-refractivity contribution is -0.274. The maximum Gasteiger partial charge on any atom is 0.573 e. The molecule has 2 aliphatic heterocycles. The van der Waals surface area contributed by atoms with Gasteiger partial charge in [-0.1, -0.05) is 47.0 Å². The van der Waals surface area contributed by atoms with Gasteiger partial charge in [0.1, 0.15) is 11.5 Å². The van der Waals surface area contributed by atoms with Crippen LogP contribution in [0.25, 0.3) is 0 Å². The Morgan fingerprint density at radius 3 is 2.07 bits per heavy atom. The van der Waals surface area contributed by atoms with E-state index in [4.69, 9.17) is 23.2 Å². The number of alkyl halides is 6. The Hall–Kier alpha value is -6.99. The molecule has 21 heteroatoms. The van der Waals surface area contributed by atoms with E-state index in [1.807, 2.05) is 31.1 Å². The second kappa shape index (κ2) is 17.0. The summed E-state index contributed by atoms with van der Waals surface area (Å²) in [6, 6.07) is 22.4. The summed E-state index contributed by atoms with van der Waals surface area (Å²) in [4.78, 5) is 66.3. The number of carbonyl (C=O) groups excluding carboxylic acids is 4. The molecule has 6 atom stereocenters. The Labute approximate surface area is 392 Å². The topological polar surface area (TPSA) is 157 Å². The van der Waals surface area contributed by atoms with Gasteiger partial charge >= 0.3 is 12.5 Å². The number of phenols is 1. The highest BCUT2D eigenvalue weighted by atomic mass is 35.5. The molecule has 2 N–H and O–H groups in total. The van der Waals surface area contributed by atoms with E-state index in [0.29, 0.717) is 28.6 Å². The zero-order valence-corrected chi connectivity index (χ0v) is 36.9. The summed E-state index contributed by atoms with van der Waals surface area (Å²) < 4.78 is 86.3. The van der Waals surface area contributed by atoms with Gasteiger partial charge in [-0.15, -0.1) is 13.2 Å². The number of benzene rings is 4. The second-order valence-corrected chi connectivity index (χ2v) is 17.7. The predicted octanol–water partition coefficient (Wildman–Crippen LogP) is 10.7. The molecule has 6 unspecified atom stereocenters. The molecule has 2 saturated heterocycles. The standard InChI is InChI=1S/C47H35Cl2F6N7O6/c1-60(2)28-11-7-26(8-12-28)57-58-27-9-13-29(14-10-27)61-41(64)32-17-16-31-33(38(32)43(61)66)21-35-42(65)62(59-40-36(49)19-24(22-56-40)46(50,51)52)44(67)45(35,23-3-5-25(48)6-4-23)39(31)34-20-30(15-18-37(34)63)68-47(53,54)55/h3-16,18-20,22,32-33,35,38-39,63H,17,21H2,1-2H3,(H,56,59). The smallest absolute Gasteiger partial charge is 0.508 e. The predicted molar refractivity (Wildman–Crippen MR) is 236 cm³/mol. The molecule has 3 heterocycles. The minimum absolute atomic E-state index is 0.0942. The van der Waals surface area contributed by atoms with E-state index >= 15 is 4.79 Å². The van der Waals surface area contributed by atoms with Crippen LogP contribution in [0.4, 0.5) is 54.9 Å². The van der Waals surface area contributed by atoms with Gasteiger partial charge in [-0.25, -0.2) is 4.98 Å². The molecule has 0 radical (unpaired) electrons. The average Bonchev–Trinajstić information content (AvgIpc) is 3.67. The number of hydrogen-bond acceptors (Lipinski definition) is 11. The molecule has 1 aromatic heterocycles. The third kappa shape index (κ3) is 7.95.